The van der Waals surface area contributed by atoms with Gasteiger partial charge in [-0.15, -0.1) is 0 Å². The Bertz CT molecular complexity index is 687. The van der Waals surface area contributed by atoms with Crippen LogP contribution in [0.4, 0.5) is 0 Å². The summed E-state index contributed by atoms with van der Waals surface area (Å²) in [4.78, 5) is 11.8. The van der Waals surface area contributed by atoms with Gasteiger partial charge in [-0.2, -0.15) is 5.10 Å². The fraction of sp³-hybridized carbons (Fsp3) is 0.500. The number of ether oxygens (including phenoxy) is 2. The minimum Gasteiger partial charge on any atom is -0.496 e. The topological polar surface area (TPSA) is 73.6 Å². The van der Waals surface area contributed by atoms with Crippen molar-refractivity contribution in [1.82, 2.24) is 9.78 Å². The highest BCUT2D eigenvalue weighted by Crippen LogP contribution is 2.31. The lowest BCUT2D eigenvalue weighted by Gasteiger charge is -2.25. The van der Waals surface area contributed by atoms with E-state index >= 15 is 0 Å². The van der Waals surface area contributed by atoms with Gasteiger partial charge in [-0.05, 0) is 31.7 Å². The van der Waals surface area contributed by atoms with Crippen LogP contribution in [-0.2, 0) is 4.74 Å². The van der Waals surface area contributed by atoms with Crippen LogP contribution in [0.1, 0.15) is 42.1 Å². The molecule has 0 bridgehead atoms. The second-order valence-electron chi connectivity index (χ2n) is 5.67. The second-order valence-corrected chi connectivity index (χ2v) is 5.67. The maximum Gasteiger partial charge on any atom is 0.341 e. The third kappa shape index (κ3) is 2.66. The van der Waals surface area contributed by atoms with E-state index in [0.29, 0.717) is 17.4 Å². The number of aliphatic hydroxyl groups is 1. The number of methoxy groups -OCH3 is 2. The summed E-state index contributed by atoms with van der Waals surface area (Å²) in [6.07, 6.45) is 5.19. The molecule has 1 aliphatic carbocycles. The monoisotopic (exact) mass is 304 g/mol. The van der Waals surface area contributed by atoms with Crippen molar-refractivity contribution in [3.05, 3.63) is 23.9 Å². The molecular weight excluding hydrogens is 284 g/mol. The molecule has 1 aromatic heterocycles. The standard InChI is InChI=1S/C16H20N2O4/c1-21-15-8-14-10(7-13(15)16(20)22-2)9-18(17-14)11-3-5-12(19)6-4-11/h7-9,11-12,19H,3-6H2,1-2H3/t11-,12+. The van der Waals surface area contributed by atoms with Crippen LogP contribution in [-0.4, -0.2) is 41.2 Å². The van der Waals surface area contributed by atoms with E-state index in [2.05, 4.69) is 5.10 Å². The van der Waals surface area contributed by atoms with Crippen LogP contribution in [0.25, 0.3) is 10.9 Å². The molecule has 1 N–H and O–H groups in total. The molecule has 0 atom stereocenters. The average molecular weight is 304 g/mol. The highest BCUT2D eigenvalue weighted by atomic mass is 16.5. The Morgan fingerprint density at radius 1 is 1.27 bits per heavy atom. The zero-order chi connectivity index (χ0) is 15.7. The summed E-state index contributed by atoms with van der Waals surface area (Å²) in [5, 5.41) is 15.1. The van der Waals surface area contributed by atoms with E-state index in [4.69, 9.17) is 9.47 Å². The van der Waals surface area contributed by atoms with Crippen molar-refractivity contribution in [1.29, 1.82) is 0 Å². The molecule has 0 radical (unpaired) electrons. The molecule has 0 saturated heterocycles. The van der Waals surface area contributed by atoms with E-state index in [-0.39, 0.29) is 6.10 Å². The van der Waals surface area contributed by atoms with Crippen molar-refractivity contribution < 1.29 is 19.4 Å². The van der Waals surface area contributed by atoms with Gasteiger partial charge in [0.2, 0.25) is 0 Å². The molecule has 0 aliphatic heterocycles. The summed E-state index contributed by atoms with van der Waals surface area (Å²) in [6.45, 7) is 0. The van der Waals surface area contributed by atoms with Crippen molar-refractivity contribution in [2.24, 2.45) is 0 Å². The Kier molecular flexibility index (Phi) is 4.02. The number of nitrogens with zero attached hydrogens (tertiary/aromatic N) is 2. The highest BCUT2D eigenvalue weighted by molar-refractivity contribution is 5.97. The lowest BCUT2D eigenvalue weighted by atomic mass is 9.93. The van der Waals surface area contributed by atoms with Crippen LogP contribution in [0.2, 0.25) is 0 Å². The zero-order valence-corrected chi connectivity index (χ0v) is 12.8. The maximum atomic E-state index is 11.8. The molecule has 1 aliphatic rings. The fourth-order valence-electron chi connectivity index (χ4n) is 3.02. The third-order valence-corrected chi connectivity index (χ3v) is 4.29. The summed E-state index contributed by atoms with van der Waals surface area (Å²) in [6, 6.07) is 3.81. The van der Waals surface area contributed by atoms with Crippen molar-refractivity contribution in [3.63, 3.8) is 0 Å². The predicted molar refractivity (Wildman–Crippen MR) is 81.1 cm³/mol. The van der Waals surface area contributed by atoms with Gasteiger partial charge >= 0.3 is 5.97 Å². The van der Waals surface area contributed by atoms with Gasteiger partial charge in [0, 0.05) is 17.6 Å². The summed E-state index contributed by atoms with van der Waals surface area (Å²) in [5.74, 6) is 0.0379. The first-order chi connectivity index (χ1) is 10.6. The Morgan fingerprint density at radius 2 is 2.00 bits per heavy atom. The Morgan fingerprint density at radius 3 is 2.64 bits per heavy atom. The molecule has 6 heteroatoms. The quantitative estimate of drug-likeness (QED) is 0.881. The SMILES string of the molecule is COC(=O)c1cc2cn([C@H]3CC[C@@H](O)CC3)nc2cc1OC. The van der Waals surface area contributed by atoms with E-state index in [1.54, 1.807) is 12.1 Å². The highest BCUT2D eigenvalue weighted by Gasteiger charge is 2.22. The minimum atomic E-state index is -0.424. The van der Waals surface area contributed by atoms with Crippen LogP contribution >= 0.6 is 0 Å². The fourth-order valence-corrected chi connectivity index (χ4v) is 3.02. The maximum absolute atomic E-state index is 11.8. The van der Waals surface area contributed by atoms with Crippen LogP contribution in [0, 0.1) is 0 Å². The lowest BCUT2D eigenvalue weighted by Crippen LogP contribution is -2.21. The number of carbonyl (C=O) groups excluding carboxylic acids is 1. The Hall–Kier alpha value is -2.08. The first-order valence-corrected chi connectivity index (χ1v) is 7.45. The number of benzene rings is 1. The lowest BCUT2D eigenvalue weighted by molar-refractivity contribution is 0.0597. The summed E-state index contributed by atoms with van der Waals surface area (Å²) in [7, 11) is 2.87. The van der Waals surface area contributed by atoms with Crippen molar-refractivity contribution in [3.8, 4) is 5.75 Å². The molecular formula is C16H20N2O4. The molecule has 0 spiro atoms. The number of hydrogen-bond acceptors (Lipinski definition) is 5. The van der Waals surface area contributed by atoms with Gasteiger partial charge in [0.1, 0.15) is 11.3 Å². The van der Waals surface area contributed by atoms with Gasteiger partial charge < -0.3 is 14.6 Å². The molecule has 1 aromatic carbocycles. The van der Waals surface area contributed by atoms with E-state index in [1.165, 1.54) is 14.2 Å². The normalized spacial score (nSPS) is 21.8. The smallest absolute Gasteiger partial charge is 0.341 e. The van der Waals surface area contributed by atoms with Gasteiger partial charge in [0.25, 0.3) is 0 Å². The summed E-state index contributed by atoms with van der Waals surface area (Å²) >= 11 is 0. The Balaban J connectivity index is 1.97. The molecule has 3 rings (SSSR count). The average Bonchev–Trinajstić information content (AvgIpc) is 2.96. The molecule has 6 nitrogen and oxygen atoms in total. The minimum absolute atomic E-state index is 0.188. The van der Waals surface area contributed by atoms with Crippen LogP contribution < -0.4 is 4.74 Å². The molecule has 2 aromatic rings. The van der Waals surface area contributed by atoms with Crippen molar-refractivity contribution >= 4 is 16.9 Å². The molecule has 0 unspecified atom stereocenters. The molecule has 22 heavy (non-hydrogen) atoms. The number of esters is 1. The van der Waals surface area contributed by atoms with Crippen LogP contribution in [0.15, 0.2) is 18.3 Å². The summed E-state index contributed by atoms with van der Waals surface area (Å²) in [5.41, 5.74) is 1.19. The third-order valence-electron chi connectivity index (χ3n) is 4.29. The summed E-state index contributed by atoms with van der Waals surface area (Å²) < 4.78 is 12.0. The number of aliphatic hydroxyl groups excluding tert-OH is 1. The predicted octanol–water partition coefficient (Wildman–Crippen LogP) is 2.31. The largest absolute Gasteiger partial charge is 0.496 e. The molecule has 1 fully saturated rings. The number of fused-ring (bicyclic) bond motifs is 1. The number of hydrogen-bond donors (Lipinski definition) is 1. The van der Waals surface area contributed by atoms with E-state index in [1.807, 2.05) is 10.9 Å². The van der Waals surface area contributed by atoms with Gasteiger partial charge in [-0.3, -0.25) is 4.68 Å². The van der Waals surface area contributed by atoms with Crippen LogP contribution in [0.5, 0.6) is 5.75 Å². The zero-order valence-electron chi connectivity index (χ0n) is 12.8. The van der Waals surface area contributed by atoms with E-state index in [0.717, 1.165) is 36.6 Å². The first kappa shape index (κ1) is 14.8. The van der Waals surface area contributed by atoms with Gasteiger partial charge in [-0.25, -0.2) is 4.79 Å². The van der Waals surface area contributed by atoms with Gasteiger partial charge in [-0.1, -0.05) is 0 Å². The number of aromatic nitrogens is 2. The van der Waals surface area contributed by atoms with Crippen molar-refractivity contribution in [2.75, 3.05) is 14.2 Å². The van der Waals surface area contributed by atoms with Gasteiger partial charge in [0.15, 0.2) is 0 Å². The van der Waals surface area contributed by atoms with E-state index < -0.39 is 5.97 Å². The molecule has 1 heterocycles. The molecule has 1 saturated carbocycles. The second kappa shape index (κ2) is 5.96. The number of carbonyl (C=O) groups is 1. The van der Waals surface area contributed by atoms with Crippen LogP contribution in [0.3, 0.4) is 0 Å². The van der Waals surface area contributed by atoms with Crippen molar-refractivity contribution in [2.45, 2.75) is 37.8 Å². The first-order valence-electron chi connectivity index (χ1n) is 7.45. The Labute approximate surface area is 128 Å². The molecule has 118 valence electrons. The number of rotatable bonds is 3. The molecule has 0 amide bonds. The van der Waals surface area contributed by atoms with Gasteiger partial charge in [0.05, 0.1) is 31.9 Å². The van der Waals surface area contributed by atoms with E-state index in [9.17, 15) is 9.90 Å².